The third-order valence-corrected chi connectivity index (χ3v) is 10.9. The molecule has 8 rings (SSSR count). The second-order valence-corrected chi connectivity index (χ2v) is 14.2. The molecule has 0 bridgehead atoms. The number of pyridine rings is 1. The molecule has 52 heavy (non-hydrogen) atoms. The first-order valence-corrected chi connectivity index (χ1v) is 18.3. The summed E-state index contributed by atoms with van der Waals surface area (Å²) in [6, 6.07) is 25.2. The quantitative estimate of drug-likeness (QED) is 0.151. The van der Waals surface area contributed by atoms with Gasteiger partial charge in [-0.2, -0.15) is 5.10 Å². The molecule has 0 aliphatic carbocycles. The molecule has 2 aliphatic heterocycles. The Hall–Kier alpha value is -5.59. The van der Waals surface area contributed by atoms with E-state index in [4.69, 9.17) is 14.6 Å². The smallest absolute Gasteiger partial charge is 0.355 e. The van der Waals surface area contributed by atoms with Crippen LogP contribution >= 0.6 is 11.3 Å². The van der Waals surface area contributed by atoms with Gasteiger partial charge >= 0.3 is 5.97 Å². The lowest BCUT2D eigenvalue weighted by Gasteiger charge is -2.31. The van der Waals surface area contributed by atoms with Crippen molar-refractivity contribution in [1.29, 1.82) is 0 Å². The lowest BCUT2D eigenvalue weighted by atomic mass is 9.93. The van der Waals surface area contributed by atoms with Crippen LogP contribution in [-0.4, -0.2) is 63.1 Å². The Morgan fingerprint density at radius 2 is 1.85 bits per heavy atom. The van der Waals surface area contributed by atoms with Crippen LogP contribution in [0.5, 0.6) is 5.75 Å². The van der Waals surface area contributed by atoms with Gasteiger partial charge in [-0.25, -0.2) is 14.8 Å². The number of fused-ring (bicyclic) bond motifs is 2. The first-order chi connectivity index (χ1) is 25.4. The van der Waals surface area contributed by atoms with Crippen LogP contribution in [0.25, 0.3) is 21.3 Å². The van der Waals surface area contributed by atoms with Crippen molar-refractivity contribution >= 4 is 44.4 Å². The van der Waals surface area contributed by atoms with E-state index in [1.54, 1.807) is 12.1 Å². The number of aromatic carboxylic acids is 1. The van der Waals surface area contributed by atoms with Crippen molar-refractivity contribution in [2.75, 3.05) is 36.6 Å². The molecule has 0 unspecified atom stereocenters. The Bertz CT molecular complexity index is 2240. The highest BCUT2D eigenvalue weighted by Gasteiger charge is 2.30. The topological polar surface area (TPSA) is 132 Å². The first kappa shape index (κ1) is 33.5. The van der Waals surface area contributed by atoms with E-state index in [1.165, 1.54) is 17.5 Å². The lowest BCUT2D eigenvalue weighted by molar-refractivity contribution is 0.0496. The van der Waals surface area contributed by atoms with Gasteiger partial charge in [0.2, 0.25) is 0 Å². The highest BCUT2D eigenvalue weighted by atomic mass is 32.1. The van der Waals surface area contributed by atoms with Gasteiger partial charge < -0.3 is 19.5 Å². The fourth-order valence-corrected chi connectivity index (χ4v) is 7.98. The molecule has 2 N–H and O–H groups in total. The highest BCUT2D eigenvalue weighted by molar-refractivity contribution is 7.22. The predicted molar refractivity (Wildman–Crippen MR) is 201 cm³/mol. The lowest BCUT2D eigenvalue weighted by Crippen LogP contribution is -2.33. The zero-order valence-electron chi connectivity index (χ0n) is 28.7. The molecule has 1 saturated heterocycles. The highest BCUT2D eigenvalue weighted by Crippen LogP contribution is 2.38. The molecular weight excluding hydrogens is 677 g/mol. The summed E-state index contributed by atoms with van der Waals surface area (Å²) >= 11 is 1.44. The number of rotatable bonds is 10. The van der Waals surface area contributed by atoms with E-state index in [9.17, 15) is 14.7 Å². The molecule has 0 atom stereocenters. The maximum atomic E-state index is 13.8. The summed E-state index contributed by atoms with van der Waals surface area (Å²) in [5.74, 6) is 0.549. The Morgan fingerprint density at radius 1 is 1.02 bits per heavy atom. The monoisotopic (exact) mass is 714 g/mol. The van der Waals surface area contributed by atoms with Gasteiger partial charge in [-0.3, -0.25) is 14.8 Å². The first-order valence-electron chi connectivity index (χ1n) is 17.5. The summed E-state index contributed by atoms with van der Waals surface area (Å²) in [5, 5.41) is 18.9. The van der Waals surface area contributed by atoms with Gasteiger partial charge in [-0.15, -0.1) is 0 Å². The van der Waals surface area contributed by atoms with Gasteiger partial charge in [0.15, 0.2) is 16.6 Å². The minimum Gasteiger partial charge on any atom is -0.493 e. The van der Waals surface area contributed by atoms with Gasteiger partial charge in [0, 0.05) is 60.4 Å². The number of para-hydroxylation sites is 2. The molecule has 0 spiro atoms. The summed E-state index contributed by atoms with van der Waals surface area (Å²) in [6.07, 6.45) is 4.14. The summed E-state index contributed by atoms with van der Waals surface area (Å²) in [7, 11) is 0. The maximum Gasteiger partial charge on any atom is 0.355 e. The van der Waals surface area contributed by atoms with Crippen LogP contribution < -0.4 is 15.0 Å². The van der Waals surface area contributed by atoms with Crippen molar-refractivity contribution in [3.05, 3.63) is 119 Å². The number of nitrogens with zero attached hydrogens (tertiary/aromatic N) is 5. The molecule has 2 aliphatic rings. The van der Waals surface area contributed by atoms with E-state index in [1.807, 2.05) is 72.3 Å². The number of thiazole rings is 1. The largest absolute Gasteiger partial charge is 0.493 e. The molecule has 264 valence electrons. The molecule has 11 nitrogen and oxygen atoms in total. The molecule has 6 aromatic rings. The van der Waals surface area contributed by atoms with Crippen LogP contribution in [0.3, 0.4) is 0 Å². The normalized spacial score (nSPS) is 14.7. The third kappa shape index (κ3) is 6.74. The average Bonchev–Trinajstić information content (AvgIpc) is 3.73. The SMILES string of the molecule is Cc1c(-c2cccnc2C(=O)O)c(N2CCc3cccc(C(=O)Nc4nc5ccccc5s4)c3C2)nn1Cc1ccccc1OCC1CCOCC1. The molecule has 1 fully saturated rings. The number of carbonyl (C=O) groups excluding carboxylic acids is 1. The number of nitrogens with one attached hydrogen (secondary N) is 1. The minimum atomic E-state index is -1.11. The minimum absolute atomic E-state index is 0.0418. The predicted octanol–water partition coefficient (Wildman–Crippen LogP) is 7.23. The summed E-state index contributed by atoms with van der Waals surface area (Å²) < 4.78 is 14.8. The van der Waals surface area contributed by atoms with E-state index in [2.05, 4.69) is 26.3 Å². The molecular formula is C40H38N6O5S. The molecule has 0 saturated carbocycles. The Labute approximate surface area is 304 Å². The zero-order valence-corrected chi connectivity index (χ0v) is 29.6. The molecule has 3 aromatic carbocycles. The standard InChI is InChI=1S/C40H38N6O5S/c1-25-35(30-11-7-18-41-36(30)39(48)49)37(44-46(25)22-28-8-2-4-13-33(28)51-24-26-16-20-50-21-17-26)45-19-15-27-9-6-10-29(31(27)23-45)38(47)43-40-42-32-12-3-5-14-34(32)52-40/h2-14,18,26H,15-17,19-24H2,1H3,(H,48,49)(H,42,43,47). The van der Waals surface area contributed by atoms with Crippen molar-refractivity contribution < 1.29 is 24.2 Å². The fourth-order valence-electron chi connectivity index (χ4n) is 7.12. The van der Waals surface area contributed by atoms with Crippen LogP contribution in [0.4, 0.5) is 10.9 Å². The van der Waals surface area contributed by atoms with E-state index >= 15 is 0 Å². The number of hydrogen-bond acceptors (Lipinski definition) is 9. The van der Waals surface area contributed by atoms with Gasteiger partial charge in [-0.1, -0.05) is 59.9 Å². The zero-order chi connectivity index (χ0) is 35.6. The molecule has 1 amide bonds. The Kier molecular flexibility index (Phi) is 9.40. The van der Waals surface area contributed by atoms with Crippen molar-refractivity contribution in [3.63, 3.8) is 0 Å². The van der Waals surface area contributed by atoms with Gasteiger partial charge in [0.1, 0.15) is 5.75 Å². The number of anilines is 2. The van der Waals surface area contributed by atoms with Crippen molar-refractivity contribution in [3.8, 4) is 16.9 Å². The van der Waals surface area contributed by atoms with Crippen molar-refractivity contribution in [1.82, 2.24) is 19.7 Å². The molecule has 0 radical (unpaired) electrons. The third-order valence-electron chi connectivity index (χ3n) is 9.91. The Morgan fingerprint density at radius 3 is 2.69 bits per heavy atom. The van der Waals surface area contributed by atoms with E-state index in [0.717, 1.165) is 64.4 Å². The number of ether oxygens (including phenoxy) is 2. The van der Waals surface area contributed by atoms with Crippen LogP contribution in [0, 0.1) is 12.8 Å². The van der Waals surface area contributed by atoms with Crippen molar-refractivity contribution in [2.45, 2.75) is 39.3 Å². The number of hydrogen-bond donors (Lipinski definition) is 2. The molecule has 5 heterocycles. The summed E-state index contributed by atoms with van der Waals surface area (Å²) in [4.78, 5) is 37.2. The van der Waals surface area contributed by atoms with E-state index < -0.39 is 5.97 Å². The number of benzene rings is 3. The number of amides is 1. The van der Waals surface area contributed by atoms with Crippen molar-refractivity contribution in [2.24, 2.45) is 5.92 Å². The second-order valence-electron chi connectivity index (χ2n) is 13.2. The number of aromatic nitrogens is 4. The van der Waals surface area contributed by atoms with Crippen LogP contribution in [-0.2, 0) is 24.2 Å². The van der Waals surface area contributed by atoms with E-state index in [0.29, 0.717) is 66.2 Å². The average molecular weight is 715 g/mol. The Balaban J connectivity index is 1.13. The van der Waals surface area contributed by atoms with Gasteiger partial charge in [0.25, 0.3) is 5.91 Å². The van der Waals surface area contributed by atoms with Gasteiger partial charge in [-0.05, 0) is 73.6 Å². The van der Waals surface area contributed by atoms with Crippen LogP contribution in [0.2, 0.25) is 0 Å². The molecule has 12 heteroatoms. The second kappa shape index (κ2) is 14.6. The number of carboxylic acid groups (broad SMARTS) is 1. The summed E-state index contributed by atoms with van der Waals surface area (Å²) in [5.41, 5.74) is 6.33. The molecule has 3 aromatic heterocycles. The van der Waals surface area contributed by atoms with Crippen LogP contribution in [0.1, 0.15) is 56.1 Å². The van der Waals surface area contributed by atoms with Crippen LogP contribution in [0.15, 0.2) is 85.1 Å². The summed E-state index contributed by atoms with van der Waals surface area (Å²) in [6.45, 7) is 5.57. The fraction of sp³-hybridized carbons (Fsp3) is 0.275. The van der Waals surface area contributed by atoms with E-state index in [-0.39, 0.29) is 11.6 Å². The number of carbonyl (C=O) groups is 2. The maximum absolute atomic E-state index is 13.8. The van der Waals surface area contributed by atoms with Gasteiger partial charge in [0.05, 0.1) is 23.4 Å². The number of carboxylic acids is 1.